The standard InChI is InChI=1S/C17H15IN2/c1-10-6-14(13-4-5-19-11(2)7-13)9-15-16(18)8-12(3)20-17(10)15/h4-9H,1-3H3. The van der Waals surface area contributed by atoms with Gasteiger partial charge >= 0.3 is 0 Å². The lowest BCUT2D eigenvalue weighted by atomic mass is 10.00. The van der Waals surface area contributed by atoms with Gasteiger partial charge in [0, 0.05) is 26.5 Å². The molecular formula is C17H15IN2. The highest BCUT2D eigenvalue weighted by Gasteiger charge is 2.08. The van der Waals surface area contributed by atoms with Crippen LogP contribution in [0.15, 0.2) is 36.5 Å². The topological polar surface area (TPSA) is 25.8 Å². The van der Waals surface area contributed by atoms with Crippen LogP contribution < -0.4 is 0 Å². The quantitative estimate of drug-likeness (QED) is 0.571. The van der Waals surface area contributed by atoms with Gasteiger partial charge in [-0.1, -0.05) is 0 Å². The fourth-order valence-corrected chi connectivity index (χ4v) is 3.33. The predicted molar refractivity (Wildman–Crippen MR) is 91.9 cm³/mol. The fourth-order valence-electron chi connectivity index (χ4n) is 2.47. The molecule has 0 saturated heterocycles. The van der Waals surface area contributed by atoms with E-state index in [0.29, 0.717) is 0 Å². The van der Waals surface area contributed by atoms with Crippen molar-refractivity contribution in [2.75, 3.05) is 0 Å². The van der Waals surface area contributed by atoms with E-state index >= 15 is 0 Å². The molecule has 3 rings (SSSR count). The third kappa shape index (κ3) is 2.42. The minimum atomic E-state index is 1.04. The van der Waals surface area contributed by atoms with Gasteiger partial charge in [-0.05, 0) is 90.4 Å². The first-order valence-corrected chi connectivity index (χ1v) is 7.63. The zero-order chi connectivity index (χ0) is 14.3. The molecule has 0 aliphatic heterocycles. The number of pyridine rings is 2. The van der Waals surface area contributed by atoms with Crippen LogP contribution in [0.3, 0.4) is 0 Å². The van der Waals surface area contributed by atoms with Gasteiger partial charge in [0.2, 0.25) is 0 Å². The van der Waals surface area contributed by atoms with Crippen LogP contribution in [0.4, 0.5) is 0 Å². The van der Waals surface area contributed by atoms with Crippen LogP contribution in [0.1, 0.15) is 17.0 Å². The Balaban J connectivity index is 2.29. The Morgan fingerprint density at radius 3 is 2.45 bits per heavy atom. The number of fused-ring (bicyclic) bond motifs is 1. The minimum Gasteiger partial charge on any atom is -0.262 e. The molecule has 0 amide bonds. The molecule has 2 nitrogen and oxygen atoms in total. The highest BCUT2D eigenvalue weighted by atomic mass is 127. The molecule has 0 radical (unpaired) electrons. The molecule has 0 aliphatic rings. The van der Waals surface area contributed by atoms with Crippen molar-refractivity contribution in [3.05, 3.63) is 57.1 Å². The Morgan fingerprint density at radius 2 is 1.70 bits per heavy atom. The van der Waals surface area contributed by atoms with Crippen LogP contribution >= 0.6 is 22.6 Å². The van der Waals surface area contributed by atoms with Gasteiger partial charge in [-0.2, -0.15) is 0 Å². The maximum absolute atomic E-state index is 4.67. The lowest BCUT2D eigenvalue weighted by Crippen LogP contribution is -1.92. The molecule has 0 bridgehead atoms. The van der Waals surface area contributed by atoms with Crippen LogP contribution in [0.2, 0.25) is 0 Å². The highest BCUT2D eigenvalue weighted by Crippen LogP contribution is 2.29. The highest BCUT2D eigenvalue weighted by molar-refractivity contribution is 14.1. The summed E-state index contributed by atoms with van der Waals surface area (Å²) in [5, 5.41) is 1.22. The maximum Gasteiger partial charge on any atom is 0.0745 e. The second-order valence-corrected chi connectivity index (χ2v) is 6.28. The normalized spacial score (nSPS) is 11.0. The van der Waals surface area contributed by atoms with E-state index in [9.17, 15) is 0 Å². The number of hydrogen-bond donors (Lipinski definition) is 0. The van der Waals surface area contributed by atoms with Gasteiger partial charge in [-0.3, -0.25) is 9.97 Å². The summed E-state index contributed by atoms with van der Waals surface area (Å²) in [6, 6.07) is 10.7. The largest absolute Gasteiger partial charge is 0.262 e. The van der Waals surface area contributed by atoms with E-state index in [-0.39, 0.29) is 0 Å². The van der Waals surface area contributed by atoms with Gasteiger partial charge in [-0.25, -0.2) is 0 Å². The van der Waals surface area contributed by atoms with Gasteiger partial charge < -0.3 is 0 Å². The second-order valence-electron chi connectivity index (χ2n) is 5.12. The number of nitrogens with zero attached hydrogens (tertiary/aromatic N) is 2. The SMILES string of the molecule is Cc1cc(-c2cc(C)c3nc(C)cc(I)c3c2)ccn1. The first-order valence-electron chi connectivity index (χ1n) is 6.55. The van der Waals surface area contributed by atoms with Gasteiger partial charge in [0.05, 0.1) is 5.52 Å². The molecular weight excluding hydrogens is 359 g/mol. The van der Waals surface area contributed by atoms with Crippen molar-refractivity contribution >= 4 is 33.5 Å². The fraction of sp³-hybridized carbons (Fsp3) is 0.176. The van der Waals surface area contributed by atoms with Gasteiger partial charge in [0.1, 0.15) is 0 Å². The van der Waals surface area contributed by atoms with Crippen molar-refractivity contribution in [2.24, 2.45) is 0 Å². The summed E-state index contributed by atoms with van der Waals surface area (Å²) >= 11 is 2.39. The average Bonchev–Trinajstić information content (AvgIpc) is 2.39. The van der Waals surface area contributed by atoms with Crippen LogP contribution in [0, 0.1) is 24.3 Å². The monoisotopic (exact) mass is 374 g/mol. The van der Waals surface area contributed by atoms with Crippen LogP contribution in [-0.4, -0.2) is 9.97 Å². The minimum absolute atomic E-state index is 1.04. The third-order valence-electron chi connectivity index (χ3n) is 3.41. The van der Waals surface area contributed by atoms with E-state index in [1.165, 1.54) is 25.6 Å². The van der Waals surface area contributed by atoms with Crippen molar-refractivity contribution in [1.82, 2.24) is 9.97 Å². The summed E-state index contributed by atoms with van der Waals surface area (Å²) in [6.45, 7) is 6.19. The molecule has 2 heterocycles. The summed E-state index contributed by atoms with van der Waals surface area (Å²) in [5.41, 5.74) is 6.86. The Labute approximate surface area is 132 Å². The molecule has 0 N–H and O–H groups in total. The number of hydrogen-bond acceptors (Lipinski definition) is 2. The number of aryl methyl sites for hydroxylation is 3. The molecule has 0 spiro atoms. The van der Waals surface area contributed by atoms with E-state index in [0.717, 1.165) is 16.9 Å². The Morgan fingerprint density at radius 1 is 0.900 bits per heavy atom. The smallest absolute Gasteiger partial charge is 0.0745 e. The molecule has 0 saturated carbocycles. The Kier molecular flexibility index (Phi) is 3.46. The van der Waals surface area contributed by atoms with Crippen LogP contribution in [-0.2, 0) is 0 Å². The molecule has 3 heteroatoms. The second kappa shape index (κ2) is 5.13. The van der Waals surface area contributed by atoms with E-state index in [1.807, 2.05) is 20.0 Å². The van der Waals surface area contributed by atoms with Crippen LogP contribution in [0.25, 0.3) is 22.0 Å². The van der Waals surface area contributed by atoms with Crippen molar-refractivity contribution in [3.8, 4) is 11.1 Å². The molecule has 0 atom stereocenters. The zero-order valence-electron chi connectivity index (χ0n) is 11.7. The van der Waals surface area contributed by atoms with E-state index in [4.69, 9.17) is 0 Å². The average molecular weight is 374 g/mol. The number of benzene rings is 1. The van der Waals surface area contributed by atoms with E-state index in [2.05, 4.69) is 69.8 Å². The molecule has 3 aromatic rings. The van der Waals surface area contributed by atoms with Crippen molar-refractivity contribution < 1.29 is 0 Å². The Bertz CT molecular complexity index is 809. The lowest BCUT2D eigenvalue weighted by Gasteiger charge is -2.10. The first kappa shape index (κ1) is 13.5. The molecule has 100 valence electrons. The predicted octanol–water partition coefficient (Wildman–Crippen LogP) is 4.83. The lowest BCUT2D eigenvalue weighted by molar-refractivity contribution is 1.20. The van der Waals surface area contributed by atoms with E-state index < -0.39 is 0 Å². The maximum atomic E-state index is 4.67. The number of rotatable bonds is 1. The van der Waals surface area contributed by atoms with Gasteiger partial charge in [0.15, 0.2) is 0 Å². The van der Waals surface area contributed by atoms with Crippen molar-refractivity contribution in [1.29, 1.82) is 0 Å². The first-order chi connectivity index (χ1) is 9.54. The molecule has 0 unspecified atom stereocenters. The van der Waals surface area contributed by atoms with Crippen molar-refractivity contribution in [3.63, 3.8) is 0 Å². The van der Waals surface area contributed by atoms with Crippen LogP contribution in [0.5, 0.6) is 0 Å². The summed E-state index contributed by atoms with van der Waals surface area (Å²) < 4.78 is 1.25. The number of halogens is 1. The summed E-state index contributed by atoms with van der Waals surface area (Å²) in [7, 11) is 0. The molecule has 0 aliphatic carbocycles. The summed E-state index contributed by atoms with van der Waals surface area (Å²) in [4.78, 5) is 8.94. The Hall–Kier alpha value is -1.49. The molecule has 1 aromatic carbocycles. The molecule has 0 fully saturated rings. The van der Waals surface area contributed by atoms with Gasteiger partial charge in [-0.15, -0.1) is 0 Å². The zero-order valence-corrected chi connectivity index (χ0v) is 13.9. The number of aromatic nitrogens is 2. The summed E-state index contributed by atoms with van der Waals surface area (Å²) in [5.74, 6) is 0. The third-order valence-corrected chi connectivity index (χ3v) is 4.30. The van der Waals surface area contributed by atoms with E-state index in [1.54, 1.807) is 0 Å². The van der Waals surface area contributed by atoms with Gasteiger partial charge in [0.25, 0.3) is 0 Å². The van der Waals surface area contributed by atoms with Crippen molar-refractivity contribution in [2.45, 2.75) is 20.8 Å². The molecule has 2 aromatic heterocycles. The molecule has 20 heavy (non-hydrogen) atoms. The summed E-state index contributed by atoms with van der Waals surface area (Å²) in [6.07, 6.45) is 1.86.